The summed E-state index contributed by atoms with van der Waals surface area (Å²) in [7, 11) is 3.38. The minimum atomic E-state index is -0.822. The first-order valence-electron chi connectivity index (χ1n) is 15.1. The van der Waals surface area contributed by atoms with E-state index in [0.717, 1.165) is 33.3 Å². The molecule has 1 aromatic heterocycles. The molecule has 43 heavy (non-hydrogen) atoms. The predicted octanol–water partition coefficient (Wildman–Crippen LogP) is 6.51. The summed E-state index contributed by atoms with van der Waals surface area (Å²) in [5.74, 6) is -1.06. The van der Waals surface area contributed by atoms with Gasteiger partial charge in [-0.05, 0) is 41.5 Å². The lowest BCUT2D eigenvalue weighted by Gasteiger charge is -2.37. The van der Waals surface area contributed by atoms with Gasteiger partial charge in [0.1, 0.15) is 12.1 Å². The van der Waals surface area contributed by atoms with Crippen molar-refractivity contribution in [3.63, 3.8) is 0 Å². The highest BCUT2D eigenvalue weighted by Crippen LogP contribution is 2.48. The lowest BCUT2D eigenvalue weighted by atomic mass is 9.90. The minimum absolute atomic E-state index is 0.154. The number of aromatic nitrogens is 1. The van der Waals surface area contributed by atoms with Crippen molar-refractivity contribution >= 4 is 28.7 Å². The fraction of sp³-hybridized carbons (Fsp3) is 0.361. The molecule has 224 valence electrons. The third-order valence-electron chi connectivity index (χ3n) is 8.73. The van der Waals surface area contributed by atoms with Crippen LogP contribution in [-0.4, -0.2) is 46.4 Å². The van der Waals surface area contributed by atoms with Gasteiger partial charge in [0.05, 0.1) is 18.8 Å². The molecule has 1 aliphatic rings. The number of benzene rings is 3. The molecule has 1 N–H and O–H groups in total. The van der Waals surface area contributed by atoms with Crippen molar-refractivity contribution in [3.05, 3.63) is 95.6 Å². The van der Waals surface area contributed by atoms with Gasteiger partial charge in [-0.2, -0.15) is 0 Å². The van der Waals surface area contributed by atoms with E-state index < -0.39 is 24.1 Å². The molecule has 1 aliphatic heterocycles. The average Bonchev–Trinajstić information content (AvgIpc) is 3.47. The number of methoxy groups -OCH3 is 1. The van der Waals surface area contributed by atoms with Gasteiger partial charge in [0.25, 0.3) is 5.91 Å². The van der Waals surface area contributed by atoms with Crippen LogP contribution in [0.5, 0.6) is 0 Å². The Morgan fingerprint density at radius 3 is 2.26 bits per heavy atom. The summed E-state index contributed by atoms with van der Waals surface area (Å²) >= 11 is 0. The first-order chi connectivity index (χ1) is 20.7. The molecule has 7 heteroatoms. The van der Waals surface area contributed by atoms with Gasteiger partial charge in [-0.1, -0.05) is 101 Å². The molecular weight excluding hydrogens is 538 g/mol. The fourth-order valence-corrected chi connectivity index (χ4v) is 6.53. The lowest BCUT2D eigenvalue weighted by Crippen LogP contribution is -2.55. The number of amides is 2. The number of fused-ring (bicyclic) bond motifs is 2. The van der Waals surface area contributed by atoms with Crippen LogP contribution >= 0.6 is 0 Å². The van der Waals surface area contributed by atoms with Crippen LogP contribution in [0.4, 0.5) is 0 Å². The normalized spacial score (nSPS) is 16.7. The zero-order valence-electron chi connectivity index (χ0n) is 25.8. The average molecular weight is 580 g/mol. The number of ether oxygens (including phenoxy) is 1. The molecule has 4 unspecified atom stereocenters. The molecule has 3 aromatic carbocycles. The fourth-order valence-electron chi connectivity index (χ4n) is 6.53. The second-order valence-electron chi connectivity index (χ2n) is 12.0. The lowest BCUT2D eigenvalue weighted by molar-refractivity contribution is -0.146. The summed E-state index contributed by atoms with van der Waals surface area (Å²) in [5, 5.41) is 4.01. The van der Waals surface area contributed by atoms with Gasteiger partial charge in [-0.3, -0.25) is 9.59 Å². The Bertz CT molecular complexity index is 1640. The Morgan fingerprint density at radius 2 is 1.58 bits per heavy atom. The van der Waals surface area contributed by atoms with Crippen LogP contribution in [0.15, 0.2) is 78.9 Å². The van der Waals surface area contributed by atoms with Gasteiger partial charge in [-0.15, -0.1) is 0 Å². The van der Waals surface area contributed by atoms with Gasteiger partial charge < -0.3 is 19.5 Å². The van der Waals surface area contributed by atoms with Gasteiger partial charge in [0, 0.05) is 29.1 Å². The quantitative estimate of drug-likeness (QED) is 0.217. The van der Waals surface area contributed by atoms with E-state index in [4.69, 9.17) is 4.74 Å². The summed E-state index contributed by atoms with van der Waals surface area (Å²) in [6.45, 7) is 8.01. The third-order valence-corrected chi connectivity index (χ3v) is 8.73. The van der Waals surface area contributed by atoms with Gasteiger partial charge in [-0.25, -0.2) is 4.79 Å². The van der Waals surface area contributed by atoms with Gasteiger partial charge in [0.2, 0.25) is 5.91 Å². The Labute approximate surface area is 253 Å². The predicted molar refractivity (Wildman–Crippen MR) is 169 cm³/mol. The highest BCUT2D eigenvalue weighted by molar-refractivity contribution is 6.05. The number of hydrogen-bond acceptors (Lipinski definition) is 4. The molecule has 0 fully saturated rings. The van der Waals surface area contributed by atoms with E-state index in [-0.39, 0.29) is 23.7 Å². The smallest absolute Gasteiger partial charge is 0.328 e. The van der Waals surface area contributed by atoms with E-state index in [2.05, 4.69) is 34.1 Å². The van der Waals surface area contributed by atoms with Crippen molar-refractivity contribution in [2.75, 3.05) is 7.11 Å². The number of rotatable bonds is 10. The third kappa shape index (κ3) is 5.44. The molecule has 7 nitrogen and oxygen atoms in total. The molecular formula is C36H41N3O4. The minimum Gasteiger partial charge on any atom is -0.467 e. The second kappa shape index (κ2) is 12.5. The zero-order valence-corrected chi connectivity index (χ0v) is 25.8. The SMILES string of the molecule is CCC(C)C(C(=O)NC(CC(C)C)C(=O)OC)N1C(=O)c2ccccc2C1c1c(-c2ccccc2)n(C)c2ccccc12. The van der Waals surface area contributed by atoms with Crippen LogP contribution in [0.2, 0.25) is 0 Å². The summed E-state index contributed by atoms with van der Waals surface area (Å²) in [6, 6.07) is 23.9. The maximum atomic E-state index is 14.4. The molecule has 0 saturated heterocycles. The summed E-state index contributed by atoms with van der Waals surface area (Å²) in [5.41, 5.74) is 5.51. The van der Waals surface area contributed by atoms with Crippen molar-refractivity contribution in [1.82, 2.24) is 14.8 Å². The first-order valence-corrected chi connectivity index (χ1v) is 15.1. The summed E-state index contributed by atoms with van der Waals surface area (Å²) in [4.78, 5) is 43.3. The van der Waals surface area contributed by atoms with Crippen molar-refractivity contribution in [2.24, 2.45) is 18.9 Å². The highest BCUT2D eigenvalue weighted by atomic mass is 16.5. The number of para-hydroxylation sites is 1. The molecule has 0 bridgehead atoms. The van der Waals surface area contributed by atoms with Gasteiger partial charge in [0.15, 0.2) is 0 Å². The molecule has 4 atom stereocenters. The topological polar surface area (TPSA) is 80.6 Å². The highest BCUT2D eigenvalue weighted by Gasteiger charge is 2.47. The number of carbonyl (C=O) groups is 3. The molecule has 0 radical (unpaired) electrons. The van der Waals surface area contributed by atoms with Gasteiger partial charge >= 0.3 is 5.97 Å². The standard InChI is InChI=1S/C36H41N3O4/c1-7-23(4)31(34(40)37-28(21-22(2)3)36(42)43-6)39-33(25-17-11-12-18-26(25)35(39)41)30-27-19-13-14-20-29(27)38(5)32(30)24-15-9-8-10-16-24/h8-20,22-23,28,31,33H,7,21H2,1-6H3,(H,37,40). The summed E-state index contributed by atoms with van der Waals surface area (Å²) < 4.78 is 7.23. The molecule has 5 rings (SSSR count). The Morgan fingerprint density at radius 1 is 0.930 bits per heavy atom. The molecule has 2 heterocycles. The maximum Gasteiger partial charge on any atom is 0.328 e. The van der Waals surface area contributed by atoms with E-state index >= 15 is 0 Å². The second-order valence-corrected chi connectivity index (χ2v) is 12.0. The van der Waals surface area contributed by atoms with Crippen molar-refractivity contribution in [3.8, 4) is 11.3 Å². The van der Waals surface area contributed by atoms with Crippen molar-refractivity contribution < 1.29 is 19.1 Å². The van der Waals surface area contributed by atoms with Crippen LogP contribution in [0, 0.1) is 11.8 Å². The van der Waals surface area contributed by atoms with Crippen LogP contribution in [-0.2, 0) is 21.4 Å². The van der Waals surface area contributed by atoms with Crippen LogP contribution < -0.4 is 5.32 Å². The number of esters is 1. The van der Waals surface area contributed by atoms with E-state index in [1.165, 1.54) is 7.11 Å². The number of aryl methyl sites for hydroxylation is 1. The zero-order chi connectivity index (χ0) is 30.8. The molecule has 0 spiro atoms. The largest absolute Gasteiger partial charge is 0.467 e. The number of nitrogens with zero attached hydrogens (tertiary/aromatic N) is 2. The van der Waals surface area contributed by atoms with Crippen LogP contribution in [0.1, 0.15) is 68.1 Å². The van der Waals surface area contributed by atoms with Crippen LogP contribution in [0.25, 0.3) is 22.2 Å². The Balaban J connectivity index is 1.73. The molecule has 4 aromatic rings. The molecule has 2 amide bonds. The number of hydrogen-bond donors (Lipinski definition) is 1. The van der Waals surface area contributed by atoms with E-state index in [1.54, 1.807) is 4.90 Å². The van der Waals surface area contributed by atoms with E-state index in [9.17, 15) is 14.4 Å². The summed E-state index contributed by atoms with van der Waals surface area (Å²) in [6.07, 6.45) is 1.10. The number of carbonyl (C=O) groups excluding carboxylic acids is 3. The molecule has 0 aliphatic carbocycles. The van der Waals surface area contributed by atoms with Crippen molar-refractivity contribution in [2.45, 2.75) is 58.7 Å². The number of nitrogens with one attached hydrogen (secondary N) is 1. The Kier molecular flexibility index (Phi) is 8.71. The van der Waals surface area contributed by atoms with E-state index in [0.29, 0.717) is 18.4 Å². The Hall–Kier alpha value is -4.39. The van der Waals surface area contributed by atoms with Crippen LogP contribution in [0.3, 0.4) is 0 Å². The van der Waals surface area contributed by atoms with Crippen molar-refractivity contribution in [1.29, 1.82) is 0 Å². The maximum absolute atomic E-state index is 14.4. The van der Waals surface area contributed by atoms with E-state index in [1.807, 2.05) is 89.3 Å². The first kappa shape index (κ1) is 30.1. The monoisotopic (exact) mass is 579 g/mol. The molecule has 0 saturated carbocycles.